The van der Waals surface area contributed by atoms with Crippen LogP contribution in [0, 0.1) is 12.7 Å². The van der Waals surface area contributed by atoms with Crippen molar-refractivity contribution >= 4 is 11.5 Å². The van der Waals surface area contributed by atoms with Crippen LogP contribution in [0.1, 0.15) is 17.8 Å². The molecule has 10 heteroatoms. The minimum absolute atomic E-state index is 0.0612. The second-order valence-electron chi connectivity index (χ2n) is 6.83. The lowest BCUT2D eigenvalue weighted by Crippen LogP contribution is -2.11. The Hall–Kier alpha value is -3.43. The number of rotatable bonds is 6. The van der Waals surface area contributed by atoms with Gasteiger partial charge in [0, 0.05) is 37.2 Å². The summed E-state index contributed by atoms with van der Waals surface area (Å²) in [6.07, 6.45) is 1.27. The van der Waals surface area contributed by atoms with Gasteiger partial charge in [-0.3, -0.25) is 0 Å². The molecule has 0 aliphatic heterocycles. The Kier molecular flexibility index (Phi) is 5.15. The molecule has 0 bridgehead atoms. The van der Waals surface area contributed by atoms with Crippen LogP contribution in [0.3, 0.4) is 0 Å². The molecule has 3 heterocycles. The Labute approximate surface area is 169 Å². The van der Waals surface area contributed by atoms with Crippen molar-refractivity contribution in [2.24, 2.45) is 0 Å². The smallest absolute Gasteiger partial charge is 0.370 e. The second-order valence-corrected chi connectivity index (χ2v) is 6.83. The Morgan fingerprint density at radius 1 is 1.13 bits per heavy atom. The van der Waals surface area contributed by atoms with Gasteiger partial charge in [0.25, 0.3) is 0 Å². The van der Waals surface area contributed by atoms with Gasteiger partial charge in [-0.15, -0.1) is 0 Å². The standard InChI is InChI=1S/C20H18F4N6/c1-13-11-16(26-7-2-9-29-10-8-25-12-29)30-19(27-13)17(18(28-30)20(22,23)24)14-3-5-15(21)6-4-14/h3-6,8,10-12,26H,2,7,9H2,1H3. The van der Waals surface area contributed by atoms with Gasteiger partial charge < -0.3 is 9.88 Å². The highest BCUT2D eigenvalue weighted by atomic mass is 19.4. The molecule has 0 spiro atoms. The number of anilines is 1. The summed E-state index contributed by atoms with van der Waals surface area (Å²) in [7, 11) is 0. The molecule has 4 aromatic rings. The molecule has 0 atom stereocenters. The van der Waals surface area contributed by atoms with E-state index in [0.29, 0.717) is 24.6 Å². The fourth-order valence-electron chi connectivity index (χ4n) is 3.24. The van der Waals surface area contributed by atoms with Gasteiger partial charge in [0.15, 0.2) is 11.3 Å². The summed E-state index contributed by atoms with van der Waals surface area (Å²) in [5.41, 5.74) is -0.438. The molecular formula is C20H18F4N6. The quantitative estimate of drug-likeness (QED) is 0.368. The van der Waals surface area contributed by atoms with Crippen LogP contribution in [0.2, 0.25) is 0 Å². The second kappa shape index (κ2) is 7.77. The lowest BCUT2D eigenvalue weighted by molar-refractivity contribution is -0.140. The summed E-state index contributed by atoms with van der Waals surface area (Å²) in [6, 6.07) is 6.47. The predicted molar refractivity (Wildman–Crippen MR) is 103 cm³/mol. The zero-order valence-electron chi connectivity index (χ0n) is 16.0. The van der Waals surface area contributed by atoms with E-state index in [1.54, 1.807) is 25.5 Å². The van der Waals surface area contributed by atoms with Gasteiger partial charge in [-0.2, -0.15) is 22.8 Å². The van der Waals surface area contributed by atoms with Crippen molar-refractivity contribution in [3.63, 3.8) is 0 Å². The monoisotopic (exact) mass is 418 g/mol. The molecule has 0 saturated heterocycles. The molecule has 0 unspecified atom stereocenters. The van der Waals surface area contributed by atoms with E-state index in [0.717, 1.165) is 23.1 Å². The number of hydrogen-bond donors (Lipinski definition) is 1. The van der Waals surface area contributed by atoms with E-state index in [4.69, 9.17) is 0 Å². The predicted octanol–water partition coefficient (Wildman–Crippen LogP) is 4.56. The van der Waals surface area contributed by atoms with Crippen molar-refractivity contribution in [2.75, 3.05) is 11.9 Å². The summed E-state index contributed by atoms with van der Waals surface area (Å²) in [6.45, 7) is 2.93. The van der Waals surface area contributed by atoms with E-state index in [9.17, 15) is 17.6 Å². The van der Waals surface area contributed by atoms with Crippen molar-refractivity contribution in [3.8, 4) is 11.1 Å². The van der Waals surface area contributed by atoms with Crippen molar-refractivity contribution < 1.29 is 17.6 Å². The fourth-order valence-corrected chi connectivity index (χ4v) is 3.24. The van der Waals surface area contributed by atoms with Crippen LogP contribution in [-0.2, 0) is 12.7 Å². The molecule has 0 radical (unpaired) electrons. The van der Waals surface area contributed by atoms with Crippen LogP contribution in [0.4, 0.5) is 23.4 Å². The number of alkyl halides is 3. The largest absolute Gasteiger partial charge is 0.435 e. The first-order chi connectivity index (χ1) is 14.3. The highest BCUT2D eigenvalue weighted by Crippen LogP contribution is 2.39. The number of aryl methyl sites for hydroxylation is 2. The first-order valence-electron chi connectivity index (χ1n) is 9.26. The van der Waals surface area contributed by atoms with Gasteiger partial charge in [-0.25, -0.2) is 14.4 Å². The molecule has 0 aliphatic carbocycles. The minimum Gasteiger partial charge on any atom is -0.370 e. The lowest BCUT2D eigenvalue weighted by atomic mass is 10.1. The molecule has 4 rings (SSSR count). The van der Waals surface area contributed by atoms with E-state index in [1.807, 2.05) is 10.8 Å². The number of nitrogens with zero attached hydrogens (tertiary/aromatic N) is 5. The SMILES string of the molecule is Cc1cc(NCCCn2ccnc2)n2nc(C(F)(F)F)c(-c3ccc(F)cc3)c2n1. The summed E-state index contributed by atoms with van der Waals surface area (Å²) in [5.74, 6) is -0.129. The average molecular weight is 418 g/mol. The molecule has 156 valence electrons. The molecule has 6 nitrogen and oxygen atoms in total. The van der Waals surface area contributed by atoms with Crippen molar-refractivity contribution in [2.45, 2.75) is 26.1 Å². The number of nitrogens with one attached hydrogen (secondary N) is 1. The maximum absolute atomic E-state index is 13.7. The molecule has 1 aromatic carbocycles. The van der Waals surface area contributed by atoms with E-state index in [2.05, 4.69) is 20.4 Å². The van der Waals surface area contributed by atoms with Gasteiger partial charge in [-0.1, -0.05) is 12.1 Å². The van der Waals surface area contributed by atoms with Crippen LogP contribution in [-0.4, -0.2) is 30.7 Å². The molecule has 0 saturated carbocycles. The molecule has 1 N–H and O–H groups in total. The lowest BCUT2D eigenvalue weighted by Gasteiger charge is -2.10. The Morgan fingerprint density at radius 2 is 1.90 bits per heavy atom. The highest BCUT2D eigenvalue weighted by Gasteiger charge is 2.39. The zero-order valence-corrected chi connectivity index (χ0v) is 16.0. The van der Waals surface area contributed by atoms with Crippen LogP contribution in [0.25, 0.3) is 16.8 Å². The summed E-state index contributed by atoms with van der Waals surface area (Å²) in [4.78, 5) is 8.26. The van der Waals surface area contributed by atoms with Crippen LogP contribution < -0.4 is 5.32 Å². The first kappa shape index (κ1) is 19.9. The van der Waals surface area contributed by atoms with E-state index in [1.165, 1.54) is 12.1 Å². The van der Waals surface area contributed by atoms with E-state index in [-0.39, 0.29) is 16.8 Å². The molecule has 0 fully saturated rings. The van der Waals surface area contributed by atoms with Crippen molar-refractivity contribution in [1.82, 2.24) is 24.1 Å². The number of hydrogen-bond acceptors (Lipinski definition) is 4. The van der Waals surface area contributed by atoms with Gasteiger partial charge in [0.2, 0.25) is 0 Å². The van der Waals surface area contributed by atoms with Crippen LogP contribution in [0.5, 0.6) is 0 Å². The maximum Gasteiger partial charge on any atom is 0.435 e. The van der Waals surface area contributed by atoms with Crippen LogP contribution >= 0.6 is 0 Å². The van der Waals surface area contributed by atoms with E-state index >= 15 is 0 Å². The maximum atomic E-state index is 13.7. The number of imidazole rings is 1. The number of halogens is 4. The Bertz CT molecular complexity index is 1150. The third-order valence-electron chi connectivity index (χ3n) is 4.58. The van der Waals surface area contributed by atoms with E-state index < -0.39 is 17.7 Å². The van der Waals surface area contributed by atoms with Gasteiger partial charge in [0.1, 0.15) is 11.6 Å². The molecule has 30 heavy (non-hydrogen) atoms. The minimum atomic E-state index is -4.69. The molecule has 0 amide bonds. The van der Waals surface area contributed by atoms with Gasteiger partial charge in [0.05, 0.1) is 11.9 Å². The molecule has 3 aromatic heterocycles. The number of fused-ring (bicyclic) bond motifs is 1. The topological polar surface area (TPSA) is 60.0 Å². The first-order valence-corrected chi connectivity index (χ1v) is 9.26. The van der Waals surface area contributed by atoms with Gasteiger partial charge >= 0.3 is 6.18 Å². The fraction of sp³-hybridized carbons (Fsp3) is 0.250. The molecule has 0 aliphatic rings. The summed E-state index contributed by atoms with van der Waals surface area (Å²) in [5, 5.41) is 6.95. The third-order valence-corrected chi connectivity index (χ3v) is 4.58. The number of benzene rings is 1. The zero-order chi connectivity index (χ0) is 21.3. The Morgan fingerprint density at radius 3 is 2.57 bits per heavy atom. The van der Waals surface area contributed by atoms with Crippen LogP contribution in [0.15, 0.2) is 49.1 Å². The van der Waals surface area contributed by atoms with Crippen molar-refractivity contribution in [1.29, 1.82) is 0 Å². The highest BCUT2D eigenvalue weighted by molar-refractivity contribution is 5.81. The third kappa shape index (κ3) is 3.98. The summed E-state index contributed by atoms with van der Waals surface area (Å²) < 4.78 is 57.6. The summed E-state index contributed by atoms with van der Waals surface area (Å²) >= 11 is 0. The average Bonchev–Trinajstić information content (AvgIpc) is 3.33. The van der Waals surface area contributed by atoms with Gasteiger partial charge in [-0.05, 0) is 31.0 Å². The Balaban J connectivity index is 1.72. The molecular weight excluding hydrogens is 400 g/mol. The normalized spacial score (nSPS) is 11.9. The van der Waals surface area contributed by atoms with Crippen molar-refractivity contribution in [3.05, 3.63) is 66.3 Å². The number of aromatic nitrogens is 5.